The summed E-state index contributed by atoms with van der Waals surface area (Å²) in [4.78, 5) is 13.3. The van der Waals surface area contributed by atoms with Crippen LogP contribution in [0.4, 0.5) is 0 Å². The molecule has 0 radical (unpaired) electrons. The average Bonchev–Trinajstić information content (AvgIpc) is 2.45. The quantitative estimate of drug-likeness (QED) is 0.871. The van der Waals surface area contributed by atoms with Gasteiger partial charge in [0.15, 0.2) is 0 Å². The summed E-state index contributed by atoms with van der Waals surface area (Å²) >= 11 is 4.62. The Labute approximate surface area is 125 Å². The molecule has 1 heterocycles. The Morgan fingerprint density at radius 1 is 1.50 bits per heavy atom. The SMILES string of the molecule is CCC(=O)N1CCOC(C)(S)C1c1ccc(OC)cc1. The second-order valence-electron chi connectivity index (χ2n) is 5.02. The predicted molar refractivity (Wildman–Crippen MR) is 81.1 cm³/mol. The van der Waals surface area contributed by atoms with Crippen molar-refractivity contribution >= 4 is 18.5 Å². The number of methoxy groups -OCH3 is 1. The Bertz CT molecular complexity index is 473. The van der Waals surface area contributed by atoms with Gasteiger partial charge in [-0.05, 0) is 24.6 Å². The minimum absolute atomic E-state index is 0.120. The Morgan fingerprint density at radius 2 is 2.15 bits per heavy atom. The second kappa shape index (κ2) is 6.06. The van der Waals surface area contributed by atoms with Gasteiger partial charge in [0.1, 0.15) is 10.7 Å². The van der Waals surface area contributed by atoms with Crippen LogP contribution < -0.4 is 4.74 Å². The van der Waals surface area contributed by atoms with Crippen molar-refractivity contribution in [3.05, 3.63) is 29.8 Å². The van der Waals surface area contributed by atoms with Gasteiger partial charge < -0.3 is 14.4 Å². The zero-order valence-corrected chi connectivity index (χ0v) is 13.0. The molecule has 2 atom stereocenters. The van der Waals surface area contributed by atoms with Crippen molar-refractivity contribution in [1.29, 1.82) is 0 Å². The first-order valence-corrected chi connectivity index (χ1v) is 7.24. The standard InChI is InChI=1S/C15H21NO3S/c1-4-13(17)16-9-10-19-15(2,20)14(16)11-5-7-12(18-3)8-6-11/h5-8,14,20H,4,9-10H2,1-3H3. The van der Waals surface area contributed by atoms with Crippen molar-refractivity contribution < 1.29 is 14.3 Å². The van der Waals surface area contributed by atoms with Gasteiger partial charge in [-0.1, -0.05) is 19.1 Å². The average molecular weight is 295 g/mol. The predicted octanol–water partition coefficient (Wildman–Crippen LogP) is 2.65. The number of amides is 1. The van der Waals surface area contributed by atoms with E-state index in [1.165, 1.54) is 0 Å². The summed E-state index contributed by atoms with van der Waals surface area (Å²) in [7, 11) is 1.63. The maximum absolute atomic E-state index is 12.2. The van der Waals surface area contributed by atoms with E-state index in [-0.39, 0.29) is 11.9 Å². The molecule has 20 heavy (non-hydrogen) atoms. The number of morpholine rings is 1. The third-order valence-corrected chi connectivity index (χ3v) is 3.97. The molecule has 1 amide bonds. The summed E-state index contributed by atoms with van der Waals surface area (Å²) in [5.74, 6) is 0.911. The van der Waals surface area contributed by atoms with Crippen molar-refractivity contribution in [3.63, 3.8) is 0 Å². The van der Waals surface area contributed by atoms with E-state index in [1.54, 1.807) is 7.11 Å². The largest absolute Gasteiger partial charge is 0.497 e. The summed E-state index contributed by atoms with van der Waals surface area (Å²) < 4.78 is 10.9. The molecule has 1 saturated heterocycles. The van der Waals surface area contributed by atoms with Gasteiger partial charge in [-0.3, -0.25) is 4.79 Å². The summed E-state index contributed by atoms with van der Waals surface area (Å²) in [6.45, 7) is 4.89. The van der Waals surface area contributed by atoms with Crippen LogP contribution >= 0.6 is 12.6 Å². The third-order valence-electron chi connectivity index (χ3n) is 3.60. The number of rotatable bonds is 3. The van der Waals surface area contributed by atoms with Crippen LogP contribution in [-0.2, 0) is 9.53 Å². The van der Waals surface area contributed by atoms with Gasteiger partial charge in [0, 0.05) is 13.0 Å². The lowest BCUT2D eigenvalue weighted by atomic mass is 9.98. The molecule has 0 spiro atoms. The van der Waals surface area contributed by atoms with Crippen molar-refractivity contribution in [2.24, 2.45) is 0 Å². The first-order chi connectivity index (χ1) is 9.49. The highest BCUT2D eigenvalue weighted by atomic mass is 32.1. The molecule has 0 saturated carbocycles. The van der Waals surface area contributed by atoms with Gasteiger partial charge in [-0.15, -0.1) is 12.6 Å². The normalized spacial score (nSPS) is 26.4. The number of benzene rings is 1. The van der Waals surface area contributed by atoms with Crippen LogP contribution in [0.25, 0.3) is 0 Å². The molecule has 2 rings (SSSR count). The summed E-state index contributed by atoms with van der Waals surface area (Å²) in [6.07, 6.45) is 0.483. The second-order valence-corrected chi connectivity index (χ2v) is 5.91. The number of hydrogen-bond acceptors (Lipinski definition) is 4. The van der Waals surface area contributed by atoms with Gasteiger partial charge in [-0.25, -0.2) is 0 Å². The topological polar surface area (TPSA) is 38.8 Å². The van der Waals surface area contributed by atoms with E-state index in [9.17, 15) is 4.79 Å². The van der Waals surface area contributed by atoms with Gasteiger partial charge >= 0.3 is 0 Å². The van der Waals surface area contributed by atoms with Crippen LogP contribution in [0.3, 0.4) is 0 Å². The minimum atomic E-state index is -0.697. The minimum Gasteiger partial charge on any atom is -0.497 e. The van der Waals surface area contributed by atoms with E-state index in [1.807, 2.05) is 43.0 Å². The van der Waals surface area contributed by atoms with Gasteiger partial charge in [0.2, 0.25) is 5.91 Å². The zero-order chi connectivity index (χ0) is 14.8. The molecule has 0 N–H and O–H groups in total. The molecule has 4 nitrogen and oxygen atoms in total. The fraction of sp³-hybridized carbons (Fsp3) is 0.533. The van der Waals surface area contributed by atoms with Crippen LogP contribution in [0.5, 0.6) is 5.75 Å². The van der Waals surface area contributed by atoms with E-state index >= 15 is 0 Å². The fourth-order valence-corrected chi connectivity index (χ4v) is 2.97. The first kappa shape index (κ1) is 15.2. The van der Waals surface area contributed by atoms with E-state index < -0.39 is 4.93 Å². The molecule has 1 aromatic carbocycles. The van der Waals surface area contributed by atoms with Crippen molar-refractivity contribution in [2.45, 2.75) is 31.2 Å². The van der Waals surface area contributed by atoms with E-state index in [2.05, 4.69) is 12.6 Å². The Morgan fingerprint density at radius 3 is 2.70 bits per heavy atom. The summed E-state index contributed by atoms with van der Waals surface area (Å²) in [6, 6.07) is 7.51. The lowest BCUT2D eigenvalue weighted by molar-refractivity contribution is -0.148. The number of carbonyl (C=O) groups excluding carboxylic acids is 1. The van der Waals surface area contributed by atoms with Crippen LogP contribution in [0, 0.1) is 0 Å². The Balaban J connectivity index is 2.36. The Kier molecular flexibility index (Phi) is 4.60. The first-order valence-electron chi connectivity index (χ1n) is 6.79. The maximum Gasteiger partial charge on any atom is 0.223 e. The molecule has 0 aliphatic carbocycles. The molecular weight excluding hydrogens is 274 g/mol. The van der Waals surface area contributed by atoms with Gasteiger partial charge in [-0.2, -0.15) is 0 Å². The Hall–Kier alpha value is -1.20. The van der Waals surface area contributed by atoms with Crippen LogP contribution in [-0.4, -0.2) is 36.0 Å². The maximum atomic E-state index is 12.2. The summed E-state index contributed by atoms with van der Waals surface area (Å²) in [5.41, 5.74) is 1.00. The molecule has 1 fully saturated rings. The third kappa shape index (κ3) is 2.94. The zero-order valence-electron chi connectivity index (χ0n) is 12.1. The van der Waals surface area contributed by atoms with Crippen molar-refractivity contribution in [1.82, 2.24) is 4.90 Å². The monoisotopic (exact) mass is 295 g/mol. The molecule has 1 aliphatic rings. The van der Waals surface area contributed by atoms with Crippen LogP contribution in [0.15, 0.2) is 24.3 Å². The van der Waals surface area contributed by atoms with E-state index in [4.69, 9.17) is 9.47 Å². The van der Waals surface area contributed by atoms with Gasteiger partial charge in [0.25, 0.3) is 0 Å². The number of carbonyl (C=O) groups is 1. The molecule has 2 unspecified atom stereocenters. The number of ether oxygens (including phenoxy) is 2. The van der Waals surface area contributed by atoms with E-state index in [0.717, 1.165) is 11.3 Å². The molecule has 0 bridgehead atoms. The summed E-state index contributed by atoms with van der Waals surface area (Å²) in [5, 5.41) is 0. The van der Waals surface area contributed by atoms with Crippen molar-refractivity contribution in [3.8, 4) is 5.75 Å². The smallest absolute Gasteiger partial charge is 0.223 e. The number of thiol groups is 1. The molecule has 1 aromatic rings. The number of hydrogen-bond donors (Lipinski definition) is 1. The highest BCUT2D eigenvalue weighted by Crippen LogP contribution is 2.40. The van der Waals surface area contributed by atoms with Gasteiger partial charge in [0.05, 0.1) is 19.8 Å². The molecular formula is C15H21NO3S. The molecule has 110 valence electrons. The van der Waals surface area contributed by atoms with E-state index in [0.29, 0.717) is 19.6 Å². The lowest BCUT2D eigenvalue weighted by Gasteiger charge is -2.45. The highest BCUT2D eigenvalue weighted by Gasteiger charge is 2.42. The van der Waals surface area contributed by atoms with Crippen molar-refractivity contribution in [2.75, 3.05) is 20.3 Å². The molecule has 0 aromatic heterocycles. The fourth-order valence-electron chi connectivity index (χ4n) is 2.59. The number of nitrogens with zero attached hydrogens (tertiary/aromatic N) is 1. The highest BCUT2D eigenvalue weighted by molar-refractivity contribution is 7.81. The van der Waals surface area contributed by atoms with Crippen LogP contribution in [0.1, 0.15) is 31.9 Å². The molecule has 1 aliphatic heterocycles. The molecule has 5 heteroatoms. The lowest BCUT2D eigenvalue weighted by Crippen LogP contribution is -2.51. The van der Waals surface area contributed by atoms with Crippen LogP contribution in [0.2, 0.25) is 0 Å².